The molecule has 0 fully saturated rings. The van der Waals surface area contributed by atoms with Crippen LogP contribution in [0.25, 0.3) is 5.69 Å². The molecule has 0 aliphatic heterocycles. The number of ether oxygens (including phenoxy) is 1. The molecule has 0 saturated carbocycles. The largest absolute Gasteiger partial charge is 0.484 e. The number of likely N-dealkylation sites (N-methyl/N-ethyl adjacent to an activating group) is 1. The number of rotatable bonds is 6. The van der Waals surface area contributed by atoms with Gasteiger partial charge in [-0.1, -0.05) is 29.8 Å². The molecule has 0 unspecified atom stereocenters. The lowest BCUT2D eigenvalue weighted by Crippen LogP contribution is -2.30. The highest BCUT2D eigenvalue weighted by Gasteiger charge is 2.11. The highest BCUT2D eigenvalue weighted by atomic mass is 35.5. The third-order valence-corrected chi connectivity index (χ3v) is 3.93. The molecule has 0 saturated heterocycles. The number of carbonyl (C=O) groups excluding carboxylic acids is 1. The minimum absolute atomic E-state index is 0.0229. The molecule has 1 amide bonds. The van der Waals surface area contributed by atoms with Crippen LogP contribution in [0.2, 0.25) is 5.02 Å². The van der Waals surface area contributed by atoms with Crippen LogP contribution in [0.15, 0.2) is 67.0 Å². The third kappa shape index (κ3) is 4.61. The van der Waals surface area contributed by atoms with E-state index in [0.717, 1.165) is 11.3 Å². The Kier molecular flexibility index (Phi) is 5.36. The fraction of sp³-hybridized carbons (Fsp3) is 0.158. The summed E-state index contributed by atoms with van der Waals surface area (Å²) in [5.74, 6) is 0.505. The van der Waals surface area contributed by atoms with E-state index in [1.165, 1.54) is 0 Å². The second kappa shape index (κ2) is 7.85. The zero-order chi connectivity index (χ0) is 17.6. The van der Waals surface area contributed by atoms with Gasteiger partial charge < -0.3 is 9.64 Å². The van der Waals surface area contributed by atoms with Gasteiger partial charge in [0.25, 0.3) is 5.91 Å². The monoisotopic (exact) mass is 355 g/mol. The van der Waals surface area contributed by atoms with Gasteiger partial charge in [-0.15, -0.1) is 0 Å². The summed E-state index contributed by atoms with van der Waals surface area (Å²) in [5.41, 5.74) is 1.93. The van der Waals surface area contributed by atoms with Crippen LogP contribution < -0.4 is 4.74 Å². The van der Waals surface area contributed by atoms with Crippen LogP contribution in [0.1, 0.15) is 5.56 Å². The zero-order valence-electron chi connectivity index (χ0n) is 13.8. The first-order valence-electron chi connectivity index (χ1n) is 7.83. The summed E-state index contributed by atoms with van der Waals surface area (Å²) in [6.45, 7) is 0.445. The summed E-state index contributed by atoms with van der Waals surface area (Å²) in [6.07, 6.45) is 3.68. The number of hydrogen-bond donors (Lipinski definition) is 0. The average molecular weight is 356 g/mol. The van der Waals surface area contributed by atoms with E-state index in [1.807, 2.05) is 36.5 Å². The Bertz CT molecular complexity index is 831. The van der Waals surface area contributed by atoms with E-state index in [0.29, 0.717) is 17.3 Å². The Hall–Kier alpha value is -2.79. The molecule has 6 heteroatoms. The lowest BCUT2D eigenvalue weighted by Gasteiger charge is -2.16. The molecule has 25 heavy (non-hydrogen) atoms. The topological polar surface area (TPSA) is 47.4 Å². The first-order chi connectivity index (χ1) is 12.1. The number of para-hydroxylation sites is 1. The summed E-state index contributed by atoms with van der Waals surface area (Å²) in [6, 6.07) is 16.8. The van der Waals surface area contributed by atoms with Gasteiger partial charge in [0.15, 0.2) is 6.61 Å². The zero-order valence-corrected chi connectivity index (χ0v) is 14.6. The van der Waals surface area contributed by atoms with Crippen LogP contribution in [0.3, 0.4) is 0 Å². The van der Waals surface area contributed by atoms with Crippen molar-refractivity contribution in [3.8, 4) is 11.4 Å². The highest BCUT2D eigenvalue weighted by Crippen LogP contribution is 2.15. The Morgan fingerprint density at radius 2 is 1.88 bits per heavy atom. The summed E-state index contributed by atoms with van der Waals surface area (Å²) < 4.78 is 7.28. The van der Waals surface area contributed by atoms with E-state index >= 15 is 0 Å². The van der Waals surface area contributed by atoms with Crippen molar-refractivity contribution in [2.45, 2.75) is 6.54 Å². The Morgan fingerprint density at radius 3 is 2.60 bits per heavy atom. The van der Waals surface area contributed by atoms with E-state index in [1.54, 1.807) is 47.1 Å². The first-order valence-corrected chi connectivity index (χ1v) is 8.21. The molecule has 0 N–H and O–H groups in total. The standard InChI is InChI=1S/C19H18ClN3O2/c1-22(19(24)14-25-18-9-7-16(20)8-10-18)12-15-11-21-23(13-15)17-5-3-2-4-6-17/h2-11,13H,12,14H2,1H3. The van der Waals surface area contributed by atoms with Gasteiger partial charge in [-0.2, -0.15) is 5.10 Å². The van der Waals surface area contributed by atoms with E-state index in [9.17, 15) is 4.79 Å². The molecule has 3 aromatic rings. The summed E-state index contributed by atoms with van der Waals surface area (Å²) in [4.78, 5) is 13.8. The van der Waals surface area contributed by atoms with Crippen molar-refractivity contribution >= 4 is 17.5 Å². The molecule has 0 radical (unpaired) electrons. The van der Waals surface area contributed by atoms with E-state index < -0.39 is 0 Å². The molecule has 1 aromatic heterocycles. The predicted octanol–water partition coefficient (Wildman–Crippen LogP) is 3.56. The third-order valence-electron chi connectivity index (χ3n) is 3.68. The van der Waals surface area contributed by atoms with Gasteiger partial charge in [-0.3, -0.25) is 4.79 Å². The van der Waals surface area contributed by atoms with Crippen LogP contribution in [-0.2, 0) is 11.3 Å². The molecular formula is C19H18ClN3O2. The fourth-order valence-corrected chi connectivity index (χ4v) is 2.44. The maximum absolute atomic E-state index is 12.2. The number of hydrogen-bond acceptors (Lipinski definition) is 3. The van der Waals surface area contributed by atoms with Gasteiger partial charge in [0, 0.05) is 30.4 Å². The average Bonchev–Trinajstić information content (AvgIpc) is 3.10. The molecule has 0 aliphatic carbocycles. The Labute approximate surface area is 151 Å². The molecule has 3 rings (SSSR count). The van der Waals surface area contributed by atoms with Gasteiger partial charge in [0.1, 0.15) is 5.75 Å². The fourth-order valence-electron chi connectivity index (χ4n) is 2.31. The molecule has 0 spiro atoms. The molecule has 1 heterocycles. The second-order valence-corrected chi connectivity index (χ2v) is 6.06. The van der Waals surface area contributed by atoms with Crippen LogP contribution in [0.4, 0.5) is 0 Å². The Balaban J connectivity index is 1.54. The highest BCUT2D eigenvalue weighted by molar-refractivity contribution is 6.30. The molecule has 0 bridgehead atoms. The molecule has 5 nitrogen and oxygen atoms in total. The smallest absolute Gasteiger partial charge is 0.260 e. The molecule has 0 atom stereocenters. The number of benzene rings is 2. The summed E-state index contributed by atoms with van der Waals surface area (Å²) in [5, 5.41) is 4.97. The number of carbonyl (C=O) groups is 1. The van der Waals surface area contributed by atoms with Crippen LogP contribution in [-0.4, -0.2) is 34.2 Å². The molecular weight excluding hydrogens is 338 g/mol. The van der Waals surface area contributed by atoms with Crippen LogP contribution in [0.5, 0.6) is 5.75 Å². The lowest BCUT2D eigenvalue weighted by atomic mass is 10.3. The van der Waals surface area contributed by atoms with Crippen molar-refractivity contribution < 1.29 is 9.53 Å². The SMILES string of the molecule is CN(Cc1cnn(-c2ccccc2)c1)C(=O)COc1ccc(Cl)cc1. The van der Waals surface area contributed by atoms with Gasteiger partial charge >= 0.3 is 0 Å². The van der Waals surface area contributed by atoms with Crippen molar-refractivity contribution in [3.05, 3.63) is 77.6 Å². The van der Waals surface area contributed by atoms with E-state index in [2.05, 4.69) is 5.10 Å². The molecule has 128 valence electrons. The number of nitrogens with zero attached hydrogens (tertiary/aromatic N) is 3. The summed E-state index contributed by atoms with van der Waals surface area (Å²) in [7, 11) is 1.74. The molecule has 2 aromatic carbocycles. The van der Waals surface area contributed by atoms with Crippen LogP contribution in [0, 0.1) is 0 Å². The molecule has 0 aliphatic rings. The van der Waals surface area contributed by atoms with Gasteiger partial charge in [0.2, 0.25) is 0 Å². The van der Waals surface area contributed by atoms with Gasteiger partial charge in [0.05, 0.1) is 11.9 Å². The number of aromatic nitrogens is 2. The maximum atomic E-state index is 12.2. The number of amides is 1. The van der Waals surface area contributed by atoms with Crippen molar-refractivity contribution in [1.82, 2.24) is 14.7 Å². The first kappa shape index (κ1) is 17.0. The van der Waals surface area contributed by atoms with Gasteiger partial charge in [-0.05, 0) is 36.4 Å². The van der Waals surface area contributed by atoms with Crippen molar-refractivity contribution in [3.63, 3.8) is 0 Å². The van der Waals surface area contributed by atoms with E-state index in [-0.39, 0.29) is 12.5 Å². The maximum Gasteiger partial charge on any atom is 0.260 e. The summed E-state index contributed by atoms with van der Waals surface area (Å²) >= 11 is 5.82. The minimum atomic E-state index is -0.109. The normalized spacial score (nSPS) is 10.5. The van der Waals surface area contributed by atoms with E-state index in [4.69, 9.17) is 16.3 Å². The lowest BCUT2D eigenvalue weighted by molar-refractivity contribution is -0.132. The Morgan fingerprint density at radius 1 is 1.16 bits per heavy atom. The van der Waals surface area contributed by atoms with Crippen molar-refractivity contribution in [2.75, 3.05) is 13.7 Å². The van der Waals surface area contributed by atoms with Crippen LogP contribution >= 0.6 is 11.6 Å². The number of halogens is 1. The van der Waals surface area contributed by atoms with Crippen molar-refractivity contribution in [1.29, 1.82) is 0 Å². The predicted molar refractivity (Wildman–Crippen MR) is 97.0 cm³/mol. The van der Waals surface area contributed by atoms with Gasteiger partial charge in [-0.25, -0.2) is 4.68 Å². The minimum Gasteiger partial charge on any atom is -0.484 e. The second-order valence-electron chi connectivity index (χ2n) is 5.62. The quantitative estimate of drug-likeness (QED) is 0.679. The van der Waals surface area contributed by atoms with Crippen molar-refractivity contribution in [2.24, 2.45) is 0 Å².